The van der Waals surface area contributed by atoms with Gasteiger partial charge in [0.05, 0.1) is 50.5 Å². The zero-order valence-corrected chi connectivity index (χ0v) is 33.6. The van der Waals surface area contributed by atoms with Crippen LogP contribution in [0.25, 0.3) is 98.8 Å². The van der Waals surface area contributed by atoms with Crippen LogP contribution < -0.4 is 4.90 Å². The number of furan rings is 1. The number of hydrogen-bond donors (Lipinski definition) is 0. The fourth-order valence-corrected chi connectivity index (χ4v) is 9.98. The first-order chi connectivity index (χ1) is 30.8. The van der Waals surface area contributed by atoms with E-state index < -0.39 is 0 Å². The third kappa shape index (κ3) is 5.14. The van der Waals surface area contributed by atoms with Crippen LogP contribution in [-0.4, -0.2) is 9.13 Å². The lowest BCUT2D eigenvalue weighted by molar-refractivity contribution is 0.669. The summed E-state index contributed by atoms with van der Waals surface area (Å²) in [6.45, 7) is 0. The Kier molecular flexibility index (Phi) is 7.57. The minimum absolute atomic E-state index is 0.877. The molecule has 0 aliphatic heterocycles. The van der Waals surface area contributed by atoms with Gasteiger partial charge in [-0.1, -0.05) is 146 Å². The highest BCUT2D eigenvalue weighted by molar-refractivity contribution is 6.13. The van der Waals surface area contributed by atoms with Gasteiger partial charge in [0.2, 0.25) is 0 Å². The molecule has 10 aromatic carbocycles. The summed E-state index contributed by atoms with van der Waals surface area (Å²) in [5.74, 6) is 0. The van der Waals surface area contributed by atoms with Gasteiger partial charge >= 0.3 is 0 Å². The normalized spacial score (nSPS) is 11.9. The molecule has 0 aliphatic rings. The molecule has 0 saturated heterocycles. The zero-order chi connectivity index (χ0) is 40.7. The Morgan fingerprint density at radius 2 is 0.726 bits per heavy atom. The van der Waals surface area contributed by atoms with Crippen molar-refractivity contribution in [2.24, 2.45) is 0 Å². The minimum Gasteiger partial charge on any atom is -0.456 e. The maximum Gasteiger partial charge on any atom is 0.136 e. The van der Waals surface area contributed by atoms with E-state index in [2.05, 4.69) is 238 Å². The van der Waals surface area contributed by atoms with Crippen molar-refractivity contribution in [3.8, 4) is 22.5 Å². The number of hydrogen-bond acceptors (Lipinski definition) is 2. The highest BCUT2D eigenvalue weighted by Crippen LogP contribution is 2.48. The summed E-state index contributed by atoms with van der Waals surface area (Å²) in [6, 6.07) is 81.2. The van der Waals surface area contributed by atoms with Gasteiger partial charge in [0, 0.05) is 37.9 Å². The fraction of sp³-hybridized carbons (Fsp3) is 0. The van der Waals surface area contributed by atoms with Crippen molar-refractivity contribution in [2.45, 2.75) is 0 Å². The molecule has 0 radical (unpaired) electrons. The smallest absolute Gasteiger partial charge is 0.136 e. The number of aromatic nitrogens is 2. The summed E-state index contributed by atoms with van der Waals surface area (Å²) < 4.78 is 11.4. The molecule has 0 unspecified atom stereocenters. The average Bonchev–Trinajstić information content (AvgIpc) is 3.98. The van der Waals surface area contributed by atoms with Gasteiger partial charge in [0.25, 0.3) is 0 Å². The van der Waals surface area contributed by atoms with Crippen LogP contribution >= 0.6 is 0 Å². The Labute approximate surface area is 357 Å². The molecule has 0 bridgehead atoms. The second kappa shape index (κ2) is 13.6. The van der Waals surface area contributed by atoms with Gasteiger partial charge in [0.1, 0.15) is 11.2 Å². The van der Waals surface area contributed by atoms with Crippen LogP contribution in [0.2, 0.25) is 0 Å². The van der Waals surface area contributed by atoms with E-state index in [1.807, 2.05) is 0 Å². The van der Waals surface area contributed by atoms with Crippen LogP contribution in [-0.2, 0) is 0 Å². The average molecular weight is 792 g/mol. The number of fused-ring (bicyclic) bond motifs is 10. The largest absolute Gasteiger partial charge is 0.456 e. The van der Waals surface area contributed by atoms with Gasteiger partial charge in [0.15, 0.2) is 0 Å². The monoisotopic (exact) mass is 791 g/mol. The molecule has 13 rings (SSSR count). The first-order valence-electron chi connectivity index (χ1n) is 21.2. The summed E-state index contributed by atoms with van der Waals surface area (Å²) in [6.07, 6.45) is 0. The fourth-order valence-electron chi connectivity index (χ4n) is 9.98. The third-order valence-electron chi connectivity index (χ3n) is 12.7. The molecule has 3 heterocycles. The van der Waals surface area contributed by atoms with Crippen molar-refractivity contribution < 1.29 is 4.42 Å². The molecule has 0 amide bonds. The van der Waals surface area contributed by atoms with Crippen LogP contribution in [0.15, 0.2) is 229 Å². The van der Waals surface area contributed by atoms with Gasteiger partial charge in [-0.25, -0.2) is 0 Å². The molecular formula is C58H37N3O. The van der Waals surface area contributed by atoms with Gasteiger partial charge in [-0.2, -0.15) is 0 Å². The summed E-state index contributed by atoms with van der Waals surface area (Å²) in [5.41, 5.74) is 14.0. The Hall–Kier alpha value is -8.34. The maximum absolute atomic E-state index is 6.51. The van der Waals surface area contributed by atoms with Crippen LogP contribution in [0.5, 0.6) is 0 Å². The Balaban J connectivity index is 1.11. The topological polar surface area (TPSA) is 26.2 Å². The van der Waals surface area contributed by atoms with E-state index in [9.17, 15) is 0 Å². The number of benzene rings is 10. The summed E-state index contributed by atoms with van der Waals surface area (Å²) in [7, 11) is 0. The first-order valence-corrected chi connectivity index (χ1v) is 21.2. The highest BCUT2D eigenvalue weighted by atomic mass is 16.3. The molecule has 0 spiro atoms. The Morgan fingerprint density at radius 3 is 1.27 bits per heavy atom. The Morgan fingerprint density at radius 1 is 0.306 bits per heavy atom. The van der Waals surface area contributed by atoms with Gasteiger partial charge in [-0.15, -0.1) is 0 Å². The van der Waals surface area contributed by atoms with E-state index in [0.717, 1.165) is 83.6 Å². The number of para-hydroxylation sites is 9. The van der Waals surface area contributed by atoms with Crippen molar-refractivity contribution in [3.05, 3.63) is 224 Å². The van der Waals surface area contributed by atoms with Gasteiger partial charge in [-0.3, -0.25) is 0 Å². The van der Waals surface area contributed by atoms with E-state index in [1.54, 1.807) is 0 Å². The molecule has 0 fully saturated rings. The van der Waals surface area contributed by atoms with E-state index in [1.165, 1.54) is 32.3 Å². The van der Waals surface area contributed by atoms with Crippen LogP contribution in [0.1, 0.15) is 0 Å². The second-order valence-corrected chi connectivity index (χ2v) is 16.1. The van der Waals surface area contributed by atoms with E-state index >= 15 is 0 Å². The maximum atomic E-state index is 6.51. The molecule has 62 heavy (non-hydrogen) atoms. The van der Waals surface area contributed by atoms with Crippen molar-refractivity contribution in [2.75, 3.05) is 4.90 Å². The van der Waals surface area contributed by atoms with Crippen molar-refractivity contribution >= 4 is 93.4 Å². The predicted octanol–water partition coefficient (Wildman–Crippen LogP) is 16.1. The van der Waals surface area contributed by atoms with E-state index in [4.69, 9.17) is 4.42 Å². The Bertz CT molecular complexity index is 3640. The first kappa shape index (κ1) is 34.5. The molecule has 0 atom stereocenters. The highest BCUT2D eigenvalue weighted by Gasteiger charge is 2.26. The zero-order valence-electron chi connectivity index (χ0n) is 33.6. The molecular weight excluding hydrogens is 755 g/mol. The lowest BCUT2D eigenvalue weighted by Gasteiger charge is -2.32. The molecule has 0 N–H and O–H groups in total. The van der Waals surface area contributed by atoms with Crippen molar-refractivity contribution in [1.82, 2.24) is 9.13 Å². The van der Waals surface area contributed by atoms with Crippen LogP contribution in [0.4, 0.5) is 17.1 Å². The molecule has 4 nitrogen and oxygen atoms in total. The van der Waals surface area contributed by atoms with Crippen molar-refractivity contribution in [3.63, 3.8) is 0 Å². The second-order valence-electron chi connectivity index (χ2n) is 16.1. The molecule has 4 heteroatoms. The quantitative estimate of drug-likeness (QED) is 0.168. The summed E-state index contributed by atoms with van der Waals surface area (Å²) in [4.78, 5) is 2.48. The van der Waals surface area contributed by atoms with Crippen LogP contribution in [0, 0.1) is 0 Å². The summed E-state index contributed by atoms with van der Waals surface area (Å²) >= 11 is 0. The van der Waals surface area contributed by atoms with Gasteiger partial charge in [-0.05, 0) is 95.2 Å². The van der Waals surface area contributed by atoms with Gasteiger partial charge < -0.3 is 18.5 Å². The third-order valence-corrected chi connectivity index (χ3v) is 12.7. The molecule has 0 saturated carbocycles. The SMILES string of the molecule is c1ccc(N(c2ccccc2-n2c3ccccc3c3ccccc32)c2ccccc2-n2c3ccccc3c3ccccc32)c(-c2ccc3oc4cc5ccccc5cc4c3c2)c1. The molecule has 13 aromatic rings. The number of rotatable bonds is 6. The number of nitrogens with zero attached hydrogens (tertiary/aromatic N) is 3. The molecule has 290 valence electrons. The number of anilines is 3. The lowest BCUT2D eigenvalue weighted by Crippen LogP contribution is -2.16. The molecule has 3 aromatic heterocycles. The van der Waals surface area contributed by atoms with E-state index in [0.29, 0.717) is 0 Å². The predicted molar refractivity (Wildman–Crippen MR) is 260 cm³/mol. The summed E-state index contributed by atoms with van der Waals surface area (Å²) in [5, 5.41) is 9.48. The standard InChI is InChI=1S/C58H37N3O/c1-2-18-39-37-58-47(35-38(39)17-1)46-36-40(33-34-57(46)62-58)41-19-3-8-24-48(41)61(55-31-15-13-29-53(55)59-49-25-9-4-20-42(49)43-21-5-10-26-50(43)59)56-32-16-14-30-54(56)60-51-27-11-6-22-44(51)45-23-7-12-28-52(45)60/h1-37H. The lowest BCUT2D eigenvalue weighted by atomic mass is 9.98. The minimum atomic E-state index is 0.877. The molecule has 0 aliphatic carbocycles. The van der Waals surface area contributed by atoms with E-state index in [-0.39, 0.29) is 0 Å². The van der Waals surface area contributed by atoms with Crippen molar-refractivity contribution in [1.29, 1.82) is 0 Å². The van der Waals surface area contributed by atoms with Crippen LogP contribution in [0.3, 0.4) is 0 Å².